The predicted molar refractivity (Wildman–Crippen MR) is 94.9 cm³/mol. The molecule has 25 heavy (non-hydrogen) atoms. The second-order valence-electron chi connectivity index (χ2n) is 5.54. The highest BCUT2D eigenvalue weighted by atomic mass is 16.6. The molecule has 0 aromatic heterocycles. The van der Waals surface area contributed by atoms with Crippen LogP contribution in [-0.2, 0) is 4.79 Å². The first-order valence-corrected chi connectivity index (χ1v) is 7.65. The molecule has 0 saturated heterocycles. The molecule has 0 aliphatic heterocycles. The minimum Gasteiger partial charge on any atom is -0.484 e. The lowest BCUT2D eigenvalue weighted by Gasteiger charge is -2.08. The zero-order valence-corrected chi connectivity index (χ0v) is 14.3. The molecule has 1 amide bonds. The lowest BCUT2D eigenvalue weighted by molar-refractivity contribution is -0.385. The van der Waals surface area contributed by atoms with Crippen molar-refractivity contribution >= 4 is 17.3 Å². The van der Waals surface area contributed by atoms with Gasteiger partial charge >= 0.3 is 0 Å². The molecule has 2 rings (SSSR count). The normalized spacial score (nSPS) is 11.1. The Morgan fingerprint density at radius 1 is 1.20 bits per heavy atom. The Labute approximate surface area is 145 Å². The van der Waals surface area contributed by atoms with E-state index in [1.54, 1.807) is 31.2 Å². The van der Waals surface area contributed by atoms with Crippen molar-refractivity contribution in [2.75, 3.05) is 6.61 Å². The average molecular weight is 341 g/mol. The van der Waals surface area contributed by atoms with Gasteiger partial charge in [-0.15, -0.1) is 0 Å². The summed E-state index contributed by atoms with van der Waals surface area (Å²) in [5, 5.41) is 14.9. The van der Waals surface area contributed by atoms with E-state index in [0.717, 1.165) is 11.1 Å². The van der Waals surface area contributed by atoms with Crippen LogP contribution in [0.25, 0.3) is 0 Å². The van der Waals surface area contributed by atoms with Crippen molar-refractivity contribution in [1.82, 2.24) is 5.43 Å². The SMILES string of the molecule is C/C(=N/NC(=O)COc1ccc(C)c(C)c1)c1ccccc1[N+](=O)[O-]. The van der Waals surface area contributed by atoms with Gasteiger partial charge in [-0.2, -0.15) is 5.10 Å². The maximum atomic E-state index is 11.8. The van der Waals surface area contributed by atoms with Gasteiger partial charge in [-0.25, -0.2) is 5.43 Å². The molecule has 0 spiro atoms. The van der Waals surface area contributed by atoms with Gasteiger partial charge < -0.3 is 4.74 Å². The van der Waals surface area contributed by atoms with Crippen molar-refractivity contribution < 1.29 is 14.5 Å². The van der Waals surface area contributed by atoms with E-state index < -0.39 is 10.8 Å². The second kappa shape index (κ2) is 8.05. The first-order valence-electron chi connectivity index (χ1n) is 7.65. The molecule has 130 valence electrons. The molecule has 0 aliphatic carbocycles. The van der Waals surface area contributed by atoms with Gasteiger partial charge in [0.15, 0.2) is 6.61 Å². The standard InChI is InChI=1S/C18H19N3O4/c1-12-8-9-15(10-13(12)2)25-11-18(22)20-19-14(3)16-6-4-5-7-17(16)21(23)24/h4-10H,11H2,1-3H3,(H,20,22)/b19-14-. The van der Waals surface area contributed by atoms with Crippen molar-refractivity contribution in [3.8, 4) is 5.75 Å². The highest BCUT2D eigenvalue weighted by Gasteiger charge is 2.14. The van der Waals surface area contributed by atoms with Crippen LogP contribution < -0.4 is 10.2 Å². The van der Waals surface area contributed by atoms with Crippen molar-refractivity contribution in [2.45, 2.75) is 20.8 Å². The minimum atomic E-state index is -0.487. The van der Waals surface area contributed by atoms with Crippen LogP contribution in [0.4, 0.5) is 5.69 Å². The molecule has 0 heterocycles. The van der Waals surface area contributed by atoms with E-state index in [0.29, 0.717) is 17.0 Å². The number of amides is 1. The van der Waals surface area contributed by atoms with Crippen LogP contribution >= 0.6 is 0 Å². The number of ether oxygens (including phenoxy) is 1. The smallest absolute Gasteiger partial charge is 0.278 e. The summed E-state index contributed by atoms with van der Waals surface area (Å²) in [5.74, 6) is 0.147. The van der Waals surface area contributed by atoms with E-state index in [4.69, 9.17) is 4.74 Å². The molecule has 0 bridgehead atoms. The van der Waals surface area contributed by atoms with Crippen LogP contribution in [0.2, 0.25) is 0 Å². The van der Waals surface area contributed by atoms with E-state index in [2.05, 4.69) is 10.5 Å². The number of hydrogen-bond acceptors (Lipinski definition) is 5. The molecule has 2 aromatic rings. The van der Waals surface area contributed by atoms with E-state index in [9.17, 15) is 14.9 Å². The summed E-state index contributed by atoms with van der Waals surface area (Å²) in [4.78, 5) is 22.4. The lowest BCUT2D eigenvalue weighted by atomic mass is 10.1. The molecule has 2 aromatic carbocycles. The number of rotatable bonds is 6. The first-order chi connectivity index (χ1) is 11.9. The number of benzene rings is 2. The summed E-state index contributed by atoms with van der Waals surface area (Å²) in [6.07, 6.45) is 0. The second-order valence-corrected chi connectivity index (χ2v) is 5.54. The fraction of sp³-hybridized carbons (Fsp3) is 0.222. The number of carbonyl (C=O) groups excluding carboxylic acids is 1. The summed E-state index contributed by atoms with van der Waals surface area (Å²) in [6.45, 7) is 5.34. The molecule has 7 nitrogen and oxygen atoms in total. The number of nitro benzene ring substituents is 1. The fourth-order valence-corrected chi connectivity index (χ4v) is 2.13. The van der Waals surface area contributed by atoms with Crippen LogP contribution in [0.5, 0.6) is 5.75 Å². The third-order valence-corrected chi connectivity index (χ3v) is 3.69. The van der Waals surface area contributed by atoms with Crippen LogP contribution in [0, 0.1) is 24.0 Å². The number of nitro groups is 1. The topological polar surface area (TPSA) is 93.8 Å². The molecular formula is C18H19N3O4. The number of hydrazone groups is 1. The highest BCUT2D eigenvalue weighted by molar-refractivity contribution is 6.02. The van der Waals surface area contributed by atoms with E-state index in [-0.39, 0.29) is 12.3 Å². The third kappa shape index (κ3) is 4.87. The Morgan fingerprint density at radius 2 is 1.92 bits per heavy atom. The molecule has 0 aliphatic rings. The van der Waals surface area contributed by atoms with Gasteiger partial charge in [0, 0.05) is 6.07 Å². The van der Waals surface area contributed by atoms with Gasteiger partial charge in [0.2, 0.25) is 0 Å². The van der Waals surface area contributed by atoms with Gasteiger partial charge in [0.25, 0.3) is 11.6 Å². The number of carbonyl (C=O) groups is 1. The summed E-state index contributed by atoms with van der Waals surface area (Å²) < 4.78 is 5.41. The van der Waals surface area contributed by atoms with Crippen molar-refractivity contribution in [3.63, 3.8) is 0 Å². The van der Waals surface area contributed by atoms with E-state index >= 15 is 0 Å². The third-order valence-electron chi connectivity index (χ3n) is 3.69. The van der Waals surface area contributed by atoms with Gasteiger partial charge in [-0.1, -0.05) is 18.2 Å². The predicted octanol–water partition coefficient (Wildman–Crippen LogP) is 3.13. The maximum absolute atomic E-state index is 11.8. The van der Waals surface area contributed by atoms with Gasteiger partial charge in [0.1, 0.15) is 5.75 Å². The maximum Gasteiger partial charge on any atom is 0.278 e. The lowest BCUT2D eigenvalue weighted by Crippen LogP contribution is -2.25. The van der Waals surface area contributed by atoms with Crippen molar-refractivity contribution in [3.05, 3.63) is 69.3 Å². The number of hydrogen-bond donors (Lipinski definition) is 1. The van der Waals surface area contributed by atoms with Crippen LogP contribution in [0.1, 0.15) is 23.6 Å². The quantitative estimate of drug-likeness (QED) is 0.496. The largest absolute Gasteiger partial charge is 0.484 e. The van der Waals surface area contributed by atoms with E-state index in [1.165, 1.54) is 6.07 Å². The average Bonchev–Trinajstić information content (AvgIpc) is 2.60. The number of aryl methyl sites for hydroxylation is 2. The molecule has 0 fully saturated rings. The van der Waals surface area contributed by atoms with Crippen LogP contribution in [-0.4, -0.2) is 23.1 Å². The highest BCUT2D eigenvalue weighted by Crippen LogP contribution is 2.18. The van der Waals surface area contributed by atoms with Gasteiger partial charge in [-0.05, 0) is 50.1 Å². The molecule has 0 unspecified atom stereocenters. The Kier molecular flexibility index (Phi) is 5.84. The number of nitrogens with one attached hydrogen (secondary N) is 1. The fourth-order valence-electron chi connectivity index (χ4n) is 2.13. The monoisotopic (exact) mass is 341 g/mol. The molecule has 7 heteroatoms. The Balaban J connectivity index is 1.97. The Morgan fingerprint density at radius 3 is 2.60 bits per heavy atom. The number of nitrogens with zero attached hydrogens (tertiary/aromatic N) is 2. The first kappa shape index (κ1) is 18.1. The van der Waals surface area contributed by atoms with Gasteiger partial charge in [-0.3, -0.25) is 14.9 Å². The van der Waals surface area contributed by atoms with Crippen LogP contribution in [0.3, 0.4) is 0 Å². The number of para-hydroxylation sites is 1. The molecule has 1 N–H and O–H groups in total. The summed E-state index contributed by atoms with van der Waals surface area (Å²) in [6, 6.07) is 11.8. The van der Waals surface area contributed by atoms with Gasteiger partial charge in [0.05, 0.1) is 16.2 Å². The zero-order valence-electron chi connectivity index (χ0n) is 14.3. The minimum absolute atomic E-state index is 0.0654. The summed E-state index contributed by atoms with van der Waals surface area (Å²) in [5.41, 5.74) is 5.18. The molecular weight excluding hydrogens is 322 g/mol. The Bertz CT molecular complexity index is 831. The Hall–Kier alpha value is -3.22. The summed E-state index contributed by atoms with van der Waals surface area (Å²) >= 11 is 0. The van der Waals surface area contributed by atoms with Crippen molar-refractivity contribution in [1.29, 1.82) is 0 Å². The summed E-state index contributed by atoms with van der Waals surface area (Å²) in [7, 11) is 0. The van der Waals surface area contributed by atoms with Crippen LogP contribution in [0.15, 0.2) is 47.6 Å². The zero-order chi connectivity index (χ0) is 18.4. The molecule has 0 atom stereocenters. The molecule has 0 radical (unpaired) electrons. The van der Waals surface area contributed by atoms with Crippen molar-refractivity contribution in [2.24, 2.45) is 5.10 Å². The van der Waals surface area contributed by atoms with E-state index in [1.807, 2.05) is 26.0 Å². The molecule has 0 saturated carbocycles.